The average molecular weight is 328 g/mol. The van der Waals surface area contributed by atoms with E-state index in [9.17, 15) is 5.11 Å². The number of rotatable bonds is 6. The van der Waals surface area contributed by atoms with Crippen molar-refractivity contribution in [2.24, 2.45) is 0 Å². The van der Waals surface area contributed by atoms with E-state index in [1.54, 1.807) is 0 Å². The zero-order chi connectivity index (χ0) is 16.9. The van der Waals surface area contributed by atoms with E-state index in [0.29, 0.717) is 18.5 Å². The van der Waals surface area contributed by atoms with Crippen LogP contribution in [0.5, 0.6) is 0 Å². The van der Waals surface area contributed by atoms with Crippen molar-refractivity contribution in [2.45, 2.75) is 37.8 Å². The van der Waals surface area contributed by atoms with Crippen LogP contribution in [0.4, 0.5) is 5.95 Å². The minimum atomic E-state index is -0.173. The quantitative estimate of drug-likeness (QED) is 0.647. The number of benzene rings is 1. The van der Waals surface area contributed by atoms with Crippen LogP contribution in [0.25, 0.3) is 16.6 Å². The molecule has 0 radical (unpaired) electrons. The van der Waals surface area contributed by atoms with Crippen LogP contribution < -0.4 is 10.6 Å². The normalized spacial score (nSPS) is 20.8. The number of anilines is 1. The van der Waals surface area contributed by atoms with Crippen LogP contribution in [0.1, 0.15) is 31.2 Å². The monoisotopic (exact) mass is 328 g/mol. The Morgan fingerprint density at radius 3 is 2.79 bits per heavy atom. The Hall–Kier alpha value is -2.18. The van der Waals surface area contributed by atoms with E-state index < -0.39 is 0 Å². The van der Waals surface area contributed by atoms with Gasteiger partial charge in [0.15, 0.2) is 0 Å². The predicted octanol–water partition coefficient (Wildman–Crippen LogP) is 1.90. The molecule has 0 spiro atoms. The number of aliphatic hydroxyl groups is 2. The summed E-state index contributed by atoms with van der Waals surface area (Å²) in [5.41, 5.74) is 2.48. The van der Waals surface area contributed by atoms with Gasteiger partial charge in [-0.05, 0) is 25.7 Å². The molecule has 1 fully saturated rings. The fourth-order valence-corrected chi connectivity index (χ4v) is 3.07. The maximum Gasteiger partial charge on any atom is 0.223 e. The zero-order valence-electron chi connectivity index (χ0n) is 13.7. The van der Waals surface area contributed by atoms with E-state index in [2.05, 4.69) is 27.2 Å². The van der Waals surface area contributed by atoms with Crippen LogP contribution in [-0.2, 0) is 0 Å². The molecule has 2 aromatic rings. The smallest absolute Gasteiger partial charge is 0.223 e. The molecule has 1 aromatic heterocycles. The third-order valence-electron chi connectivity index (χ3n) is 4.42. The molecular weight excluding hydrogens is 304 g/mol. The summed E-state index contributed by atoms with van der Waals surface area (Å²) in [4.78, 5) is 9.08. The van der Waals surface area contributed by atoms with Crippen molar-refractivity contribution in [3.63, 3.8) is 0 Å². The highest BCUT2D eigenvalue weighted by Gasteiger charge is 2.20. The molecule has 6 heteroatoms. The molecule has 0 bridgehead atoms. The van der Waals surface area contributed by atoms with Gasteiger partial charge in [-0.15, -0.1) is 0 Å². The van der Waals surface area contributed by atoms with Gasteiger partial charge in [-0.2, -0.15) is 0 Å². The highest BCUT2D eigenvalue weighted by atomic mass is 16.3. The third kappa shape index (κ3) is 3.83. The van der Waals surface area contributed by atoms with Gasteiger partial charge in [0.05, 0.1) is 18.2 Å². The van der Waals surface area contributed by atoms with Crippen LogP contribution in [0.3, 0.4) is 0 Å². The fraction of sp³-hybridized carbons (Fsp3) is 0.444. The standard InChI is InChI=1S/C18H24N4O2/c1-12(19-9-10-23)16-4-2-3-13-11-20-18(22-17(13)16)21-14-5-7-15(24)8-6-14/h2-4,11,14-15,19,23-24H,1,5-10H2,(H,20,21,22). The summed E-state index contributed by atoms with van der Waals surface area (Å²) in [5.74, 6) is 0.603. The second-order valence-corrected chi connectivity index (χ2v) is 6.22. The van der Waals surface area contributed by atoms with Crippen molar-refractivity contribution in [3.05, 3.63) is 36.5 Å². The van der Waals surface area contributed by atoms with Crippen molar-refractivity contribution in [1.29, 1.82) is 0 Å². The summed E-state index contributed by atoms with van der Waals surface area (Å²) in [7, 11) is 0. The van der Waals surface area contributed by atoms with Gasteiger partial charge in [-0.25, -0.2) is 9.97 Å². The van der Waals surface area contributed by atoms with Gasteiger partial charge in [-0.3, -0.25) is 0 Å². The summed E-state index contributed by atoms with van der Waals surface area (Å²) in [6, 6.07) is 6.18. The molecular formula is C18H24N4O2. The maximum atomic E-state index is 9.61. The molecule has 1 saturated carbocycles. The molecule has 1 aliphatic rings. The number of aromatic nitrogens is 2. The average Bonchev–Trinajstić information content (AvgIpc) is 2.61. The first-order chi connectivity index (χ1) is 11.7. The molecule has 4 N–H and O–H groups in total. The zero-order valence-corrected chi connectivity index (χ0v) is 13.7. The minimum Gasteiger partial charge on any atom is -0.395 e. The molecule has 0 unspecified atom stereocenters. The van der Waals surface area contributed by atoms with Crippen LogP contribution in [0, 0.1) is 0 Å². The van der Waals surface area contributed by atoms with E-state index in [4.69, 9.17) is 5.11 Å². The lowest BCUT2D eigenvalue weighted by atomic mass is 9.93. The summed E-state index contributed by atoms with van der Waals surface area (Å²) >= 11 is 0. The van der Waals surface area contributed by atoms with E-state index in [1.807, 2.05) is 24.4 Å². The third-order valence-corrected chi connectivity index (χ3v) is 4.42. The molecule has 1 aliphatic carbocycles. The van der Waals surface area contributed by atoms with Gasteiger partial charge in [0.1, 0.15) is 0 Å². The van der Waals surface area contributed by atoms with Gasteiger partial charge in [0.25, 0.3) is 0 Å². The summed E-state index contributed by atoms with van der Waals surface area (Å²) in [6.07, 6.45) is 5.12. The molecule has 1 aromatic carbocycles. The molecule has 0 atom stereocenters. The molecule has 1 heterocycles. The lowest BCUT2D eigenvalue weighted by Crippen LogP contribution is -2.28. The Morgan fingerprint density at radius 2 is 2.04 bits per heavy atom. The lowest BCUT2D eigenvalue weighted by Gasteiger charge is -2.26. The first kappa shape index (κ1) is 16.7. The van der Waals surface area contributed by atoms with E-state index in [0.717, 1.165) is 47.8 Å². The van der Waals surface area contributed by atoms with Crippen molar-refractivity contribution < 1.29 is 10.2 Å². The van der Waals surface area contributed by atoms with Crippen LogP contribution in [0.15, 0.2) is 31.0 Å². The topological polar surface area (TPSA) is 90.3 Å². The molecule has 3 rings (SSSR count). The van der Waals surface area contributed by atoms with E-state index in [1.165, 1.54) is 0 Å². The van der Waals surface area contributed by atoms with Crippen LogP contribution in [-0.4, -0.2) is 45.5 Å². The Kier molecular flexibility index (Phi) is 5.27. The number of nitrogens with one attached hydrogen (secondary N) is 2. The SMILES string of the molecule is C=C(NCCO)c1cccc2cnc(NC3CCC(O)CC3)nc12. The van der Waals surface area contributed by atoms with Crippen LogP contribution in [0.2, 0.25) is 0 Å². The number of hydrogen-bond donors (Lipinski definition) is 4. The van der Waals surface area contributed by atoms with Crippen molar-refractivity contribution >= 4 is 22.5 Å². The Bertz CT molecular complexity index is 711. The maximum absolute atomic E-state index is 9.61. The van der Waals surface area contributed by atoms with E-state index >= 15 is 0 Å². The molecule has 24 heavy (non-hydrogen) atoms. The first-order valence-electron chi connectivity index (χ1n) is 8.41. The van der Waals surface area contributed by atoms with Gasteiger partial charge in [-0.1, -0.05) is 24.8 Å². The van der Waals surface area contributed by atoms with Crippen molar-refractivity contribution in [3.8, 4) is 0 Å². The van der Waals surface area contributed by atoms with Crippen molar-refractivity contribution in [2.75, 3.05) is 18.5 Å². The number of hydrogen-bond acceptors (Lipinski definition) is 6. The fourth-order valence-electron chi connectivity index (χ4n) is 3.07. The minimum absolute atomic E-state index is 0.0547. The summed E-state index contributed by atoms with van der Waals surface area (Å²) in [6.45, 7) is 4.54. The van der Waals surface area contributed by atoms with Gasteiger partial charge >= 0.3 is 0 Å². The van der Waals surface area contributed by atoms with E-state index in [-0.39, 0.29) is 12.7 Å². The number of para-hydroxylation sites is 1. The molecule has 0 saturated heterocycles. The molecule has 128 valence electrons. The molecule has 6 nitrogen and oxygen atoms in total. The Labute approximate surface area is 141 Å². The molecule has 0 amide bonds. The summed E-state index contributed by atoms with van der Waals surface area (Å²) in [5, 5.41) is 26.0. The van der Waals surface area contributed by atoms with Crippen LogP contribution >= 0.6 is 0 Å². The summed E-state index contributed by atoms with van der Waals surface area (Å²) < 4.78 is 0. The second kappa shape index (κ2) is 7.59. The van der Waals surface area contributed by atoms with Crippen molar-refractivity contribution in [1.82, 2.24) is 15.3 Å². The molecule has 0 aliphatic heterocycles. The lowest BCUT2D eigenvalue weighted by molar-refractivity contribution is 0.126. The first-order valence-corrected chi connectivity index (χ1v) is 8.41. The highest BCUT2D eigenvalue weighted by Crippen LogP contribution is 2.24. The predicted molar refractivity (Wildman–Crippen MR) is 95.5 cm³/mol. The van der Waals surface area contributed by atoms with Gasteiger partial charge in [0.2, 0.25) is 5.95 Å². The number of nitrogens with zero attached hydrogens (tertiary/aromatic N) is 2. The Balaban J connectivity index is 1.82. The van der Waals surface area contributed by atoms with Gasteiger partial charge in [0, 0.05) is 35.4 Å². The largest absolute Gasteiger partial charge is 0.395 e. The highest BCUT2D eigenvalue weighted by molar-refractivity contribution is 5.90. The number of aliphatic hydroxyl groups excluding tert-OH is 2. The number of fused-ring (bicyclic) bond motifs is 1. The Morgan fingerprint density at radius 1 is 1.25 bits per heavy atom. The second-order valence-electron chi connectivity index (χ2n) is 6.22. The van der Waals surface area contributed by atoms with Gasteiger partial charge < -0.3 is 20.8 Å².